The third-order valence-corrected chi connectivity index (χ3v) is 9.36. The zero-order chi connectivity index (χ0) is 35.2. The molecule has 0 bridgehead atoms. The highest BCUT2D eigenvalue weighted by Gasteiger charge is 2.26. The third-order valence-electron chi connectivity index (χ3n) is 9.36. The van der Waals surface area contributed by atoms with Crippen molar-refractivity contribution in [3.63, 3.8) is 0 Å². The number of ether oxygens (including phenoxy) is 2. The maximum Gasteiger partial charge on any atom is 0.259 e. The molecule has 50 heavy (non-hydrogen) atoms. The summed E-state index contributed by atoms with van der Waals surface area (Å²) in [6.07, 6.45) is 1.71. The molecule has 6 rings (SSSR count). The summed E-state index contributed by atoms with van der Waals surface area (Å²) in [6, 6.07) is 38.0. The average Bonchev–Trinajstić information content (AvgIpc) is 3.12. The molecular formula is C44H46N2O4. The van der Waals surface area contributed by atoms with E-state index >= 15 is 0 Å². The average molecular weight is 667 g/mol. The van der Waals surface area contributed by atoms with Gasteiger partial charge in [-0.15, -0.1) is 0 Å². The first-order valence-corrected chi connectivity index (χ1v) is 17.5. The molecule has 5 aromatic carbocycles. The van der Waals surface area contributed by atoms with E-state index in [2.05, 4.69) is 24.3 Å². The van der Waals surface area contributed by atoms with Crippen LogP contribution in [0.25, 0.3) is 11.1 Å². The van der Waals surface area contributed by atoms with Gasteiger partial charge in [0.15, 0.2) is 0 Å². The molecule has 0 aliphatic carbocycles. The van der Waals surface area contributed by atoms with Crippen LogP contribution in [-0.2, 0) is 6.61 Å². The second-order valence-electron chi connectivity index (χ2n) is 13.5. The van der Waals surface area contributed by atoms with Crippen LogP contribution in [0.3, 0.4) is 0 Å². The lowest BCUT2D eigenvalue weighted by Crippen LogP contribution is -2.41. The number of nitrogens with zero attached hydrogens (tertiary/aromatic N) is 2. The Hall–Kier alpha value is -5.36. The van der Waals surface area contributed by atoms with E-state index in [1.54, 1.807) is 0 Å². The molecule has 6 heteroatoms. The number of piperidine rings is 1. The topological polar surface area (TPSA) is 59.1 Å². The number of anilines is 1. The van der Waals surface area contributed by atoms with Gasteiger partial charge < -0.3 is 19.3 Å². The van der Waals surface area contributed by atoms with Crippen molar-refractivity contribution in [2.24, 2.45) is 0 Å². The molecule has 1 aliphatic rings. The van der Waals surface area contributed by atoms with Gasteiger partial charge in [-0.1, -0.05) is 72.3 Å². The van der Waals surface area contributed by atoms with Gasteiger partial charge in [-0.2, -0.15) is 0 Å². The Balaban J connectivity index is 1.01. The van der Waals surface area contributed by atoms with E-state index in [1.165, 1.54) is 0 Å². The summed E-state index contributed by atoms with van der Waals surface area (Å²) in [5, 5.41) is 0. The van der Waals surface area contributed by atoms with Crippen LogP contribution >= 0.6 is 0 Å². The predicted octanol–water partition coefficient (Wildman–Crippen LogP) is 9.60. The van der Waals surface area contributed by atoms with Gasteiger partial charge in [-0.3, -0.25) is 9.59 Å². The fraction of sp³-hybridized carbons (Fsp3) is 0.273. The highest BCUT2D eigenvalue weighted by Crippen LogP contribution is 2.30. The van der Waals surface area contributed by atoms with Gasteiger partial charge in [-0.25, -0.2) is 0 Å². The molecule has 1 saturated heterocycles. The minimum atomic E-state index is 0.0173. The van der Waals surface area contributed by atoms with Gasteiger partial charge in [0.05, 0.1) is 0 Å². The zero-order valence-electron chi connectivity index (χ0n) is 29.7. The highest BCUT2D eigenvalue weighted by molar-refractivity contribution is 6.08. The number of carbonyl (C=O) groups is 2. The lowest BCUT2D eigenvalue weighted by molar-refractivity contribution is 0.0595. The number of hydrogen-bond donors (Lipinski definition) is 0. The van der Waals surface area contributed by atoms with E-state index in [1.807, 2.05) is 135 Å². The minimum Gasteiger partial charge on any atom is -0.490 e. The maximum absolute atomic E-state index is 13.8. The number of hydrogen-bond acceptors (Lipinski definition) is 4. The Kier molecular flexibility index (Phi) is 10.7. The molecular weight excluding hydrogens is 620 g/mol. The number of amides is 2. The fourth-order valence-electron chi connectivity index (χ4n) is 6.65. The molecule has 0 spiro atoms. The van der Waals surface area contributed by atoms with E-state index < -0.39 is 0 Å². The smallest absolute Gasteiger partial charge is 0.259 e. The number of likely N-dealkylation sites (tertiary alicyclic amines) is 1. The molecule has 0 unspecified atom stereocenters. The van der Waals surface area contributed by atoms with Crippen LogP contribution in [0.5, 0.6) is 11.5 Å². The molecule has 2 amide bonds. The predicted molar refractivity (Wildman–Crippen MR) is 201 cm³/mol. The third kappa shape index (κ3) is 8.08. The monoisotopic (exact) mass is 666 g/mol. The number of aryl methyl sites for hydroxylation is 3. The molecule has 0 saturated carbocycles. The SMILES string of the molecule is Cc1ccc(C(=O)N2CCC(Oc3ccc(COc4ccc(-c5cc(C)c(C(=O)N(c6ccccc6)C(C)C)c(C)c5)cc4)cc3)CC2)cc1. The van der Waals surface area contributed by atoms with Gasteiger partial charge in [0, 0.05) is 48.8 Å². The van der Waals surface area contributed by atoms with Gasteiger partial charge in [0.2, 0.25) is 0 Å². The summed E-state index contributed by atoms with van der Waals surface area (Å²) in [6.45, 7) is 12.0. The molecule has 1 fully saturated rings. The molecule has 0 N–H and O–H groups in total. The van der Waals surface area contributed by atoms with Crippen molar-refractivity contribution in [1.82, 2.24) is 4.90 Å². The zero-order valence-corrected chi connectivity index (χ0v) is 29.7. The van der Waals surface area contributed by atoms with Gasteiger partial charge in [0.1, 0.15) is 24.2 Å². The standard InChI is InChI=1S/C44H46N2O4/c1-30(2)46(38-9-7-6-8-10-38)44(48)42-32(4)27-37(28-33(42)5)35-17-21-39(22-18-35)49-29-34-13-19-40(20-14-34)50-41-23-25-45(26-24-41)43(47)36-15-11-31(3)12-16-36/h6-22,27-28,30,41H,23-26,29H2,1-5H3. The number of benzene rings is 5. The van der Waals surface area contributed by atoms with Crippen LogP contribution in [0.1, 0.15) is 69.7 Å². The van der Waals surface area contributed by atoms with Crippen molar-refractivity contribution in [2.75, 3.05) is 18.0 Å². The van der Waals surface area contributed by atoms with Crippen LogP contribution in [0.2, 0.25) is 0 Å². The van der Waals surface area contributed by atoms with Crippen LogP contribution < -0.4 is 14.4 Å². The molecule has 5 aromatic rings. The van der Waals surface area contributed by atoms with E-state index in [9.17, 15) is 9.59 Å². The van der Waals surface area contributed by atoms with E-state index in [0.717, 1.165) is 74.5 Å². The molecule has 6 nitrogen and oxygen atoms in total. The number of rotatable bonds is 10. The van der Waals surface area contributed by atoms with Crippen molar-refractivity contribution in [2.45, 2.75) is 66.2 Å². The lowest BCUT2D eigenvalue weighted by Gasteiger charge is -2.32. The summed E-state index contributed by atoms with van der Waals surface area (Å²) in [4.78, 5) is 30.4. The first-order valence-electron chi connectivity index (χ1n) is 17.5. The fourth-order valence-corrected chi connectivity index (χ4v) is 6.65. The van der Waals surface area contributed by atoms with Crippen LogP contribution in [0, 0.1) is 20.8 Å². The van der Waals surface area contributed by atoms with Gasteiger partial charge in [0.25, 0.3) is 11.8 Å². The van der Waals surface area contributed by atoms with Crippen molar-refractivity contribution in [3.05, 3.63) is 149 Å². The molecule has 1 heterocycles. The summed E-state index contributed by atoms with van der Waals surface area (Å²) >= 11 is 0. The Morgan fingerprint density at radius 1 is 0.740 bits per heavy atom. The van der Waals surface area contributed by atoms with Crippen molar-refractivity contribution in [3.8, 4) is 22.6 Å². The normalized spacial score (nSPS) is 13.3. The Morgan fingerprint density at radius 3 is 1.94 bits per heavy atom. The molecule has 0 atom stereocenters. The minimum absolute atomic E-state index is 0.0173. The first-order chi connectivity index (χ1) is 24.2. The van der Waals surface area contributed by atoms with E-state index in [0.29, 0.717) is 19.7 Å². The lowest BCUT2D eigenvalue weighted by atomic mass is 9.94. The van der Waals surface area contributed by atoms with Crippen LogP contribution in [-0.4, -0.2) is 41.9 Å². The van der Waals surface area contributed by atoms with Gasteiger partial charge in [-0.05, 0) is 111 Å². The highest BCUT2D eigenvalue weighted by atomic mass is 16.5. The largest absolute Gasteiger partial charge is 0.490 e. The summed E-state index contributed by atoms with van der Waals surface area (Å²) in [5.41, 5.74) is 8.64. The van der Waals surface area contributed by atoms with Gasteiger partial charge >= 0.3 is 0 Å². The number of para-hydroxylation sites is 1. The second kappa shape index (κ2) is 15.5. The molecule has 0 radical (unpaired) electrons. The van der Waals surface area contributed by atoms with Crippen LogP contribution in [0.15, 0.2) is 115 Å². The maximum atomic E-state index is 13.8. The Morgan fingerprint density at radius 2 is 1.34 bits per heavy atom. The van der Waals surface area contributed by atoms with E-state index in [4.69, 9.17) is 9.47 Å². The van der Waals surface area contributed by atoms with Crippen molar-refractivity contribution in [1.29, 1.82) is 0 Å². The van der Waals surface area contributed by atoms with Crippen molar-refractivity contribution < 1.29 is 19.1 Å². The first kappa shape index (κ1) is 34.5. The molecule has 256 valence electrons. The quantitative estimate of drug-likeness (QED) is 0.149. The summed E-state index contributed by atoms with van der Waals surface area (Å²) < 4.78 is 12.4. The van der Waals surface area contributed by atoms with Crippen LogP contribution in [0.4, 0.5) is 5.69 Å². The van der Waals surface area contributed by atoms with Crippen molar-refractivity contribution >= 4 is 17.5 Å². The molecule has 0 aromatic heterocycles. The summed E-state index contributed by atoms with van der Waals surface area (Å²) in [5.74, 6) is 1.73. The second-order valence-corrected chi connectivity index (χ2v) is 13.5. The molecule has 1 aliphatic heterocycles. The van der Waals surface area contributed by atoms with E-state index in [-0.39, 0.29) is 24.0 Å². The number of carbonyl (C=O) groups excluding carboxylic acids is 2. The summed E-state index contributed by atoms with van der Waals surface area (Å²) in [7, 11) is 0. The Labute approximate surface area is 296 Å². The Bertz CT molecular complexity index is 1890.